The van der Waals surface area contributed by atoms with Crippen LogP contribution in [-0.4, -0.2) is 19.5 Å². The molecule has 0 N–H and O–H groups in total. The summed E-state index contributed by atoms with van der Waals surface area (Å²) in [7, 11) is 1.69. The maximum atomic E-state index is 11.8. The van der Waals surface area contributed by atoms with Gasteiger partial charge in [0.05, 0.1) is 5.92 Å². The first kappa shape index (κ1) is 11.3. The van der Waals surface area contributed by atoms with E-state index in [1.807, 2.05) is 11.4 Å². The van der Waals surface area contributed by atoms with Gasteiger partial charge in [0.1, 0.15) is 5.78 Å². The smallest absolute Gasteiger partial charge is 0.141 e. The third-order valence-corrected chi connectivity index (χ3v) is 4.80. The van der Waals surface area contributed by atoms with Gasteiger partial charge in [0.15, 0.2) is 0 Å². The molecule has 2 unspecified atom stereocenters. The number of carbonyl (C=O) groups is 1. The molecule has 0 spiro atoms. The van der Waals surface area contributed by atoms with E-state index >= 15 is 0 Å². The van der Waals surface area contributed by atoms with Gasteiger partial charge >= 0.3 is 0 Å². The van der Waals surface area contributed by atoms with Gasteiger partial charge in [-0.15, -0.1) is 11.3 Å². The highest BCUT2D eigenvalue weighted by Gasteiger charge is 2.35. The van der Waals surface area contributed by atoms with Crippen LogP contribution in [0.3, 0.4) is 0 Å². The molecule has 2 rings (SSSR count). The van der Waals surface area contributed by atoms with Crippen molar-refractivity contribution in [2.75, 3.05) is 13.7 Å². The van der Waals surface area contributed by atoms with Crippen LogP contribution in [0.5, 0.6) is 0 Å². The summed E-state index contributed by atoms with van der Waals surface area (Å²) in [5.74, 6) is 0.862. The molecule has 1 aliphatic carbocycles. The normalized spacial score (nSPS) is 26.1. The molecule has 0 saturated heterocycles. The molecule has 0 bridgehead atoms. The number of rotatable bonds is 3. The highest BCUT2D eigenvalue weighted by atomic mass is 79.9. The Morgan fingerprint density at radius 3 is 3.07 bits per heavy atom. The van der Waals surface area contributed by atoms with Gasteiger partial charge in [-0.3, -0.25) is 4.79 Å². The van der Waals surface area contributed by atoms with Crippen molar-refractivity contribution >= 4 is 33.0 Å². The van der Waals surface area contributed by atoms with Crippen LogP contribution in [0.4, 0.5) is 0 Å². The standard InChI is InChI=1S/C11H13BrO2S/c1-14-6-7-4-8(10(13)5-7)11-9(12)2-3-15-11/h2-3,7-8H,4-6H2,1H3. The van der Waals surface area contributed by atoms with Crippen molar-refractivity contribution in [1.82, 2.24) is 0 Å². The molecule has 0 aromatic carbocycles. The summed E-state index contributed by atoms with van der Waals surface area (Å²) in [5.41, 5.74) is 0. The number of hydrogen-bond acceptors (Lipinski definition) is 3. The molecule has 1 aromatic rings. The fourth-order valence-corrected chi connectivity index (χ4v) is 3.93. The summed E-state index contributed by atoms with van der Waals surface area (Å²) >= 11 is 5.15. The monoisotopic (exact) mass is 288 g/mol. The highest BCUT2D eigenvalue weighted by molar-refractivity contribution is 9.10. The molecule has 82 valence electrons. The van der Waals surface area contributed by atoms with E-state index in [2.05, 4.69) is 15.9 Å². The lowest BCUT2D eigenvalue weighted by Crippen LogP contribution is -2.03. The zero-order chi connectivity index (χ0) is 10.8. The zero-order valence-corrected chi connectivity index (χ0v) is 10.9. The van der Waals surface area contributed by atoms with Crippen molar-refractivity contribution in [3.8, 4) is 0 Å². The fourth-order valence-electron chi connectivity index (χ4n) is 2.14. The van der Waals surface area contributed by atoms with E-state index < -0.39 is 0 Å². The number of halogens is 1. The largest absolute Gasteiger partial charge is 0.384 e. The topological polar surface area (TPSA) is 26.3 Å². The number of thiophene rings is 1. The highest BCUT2D eigenvalue weighted by Crippen LogP contribution is 2.41. The molecule has 2 atom stereocenters. The summed E-state index contributed by atoms with van der Waals surface area (Å²) in [4.78, 5) is 13.0. The number of ketones is 1. The first-order valence-electron chi connectivity index (χ1n) is 4.97. The Kier molecular flexibility index (Phi) is 3.59. The van der Waals surface area contributed by atoms with Crippen molar-refractivity contribution in [3.05, 3.63) is 20.8 Å². The lowest BCUT2D eigenvalue weighted by atomic mass is 10.0. The second kappa shape index (κ2) is 4.76. The van der Waals surface area contributed by atoms with Gasteiger partial charge < -0.3 is 4.74 Å². The molecule has 4 heteroatoms. The fraction of sp³-hybridized carbons (Fsp3) is 0.545. The van der Waals surface area contributed by atoms with Gasteiger partial charge in [-0.05, 0) is 39.7 Å². The Labute approximate surface area is 102 Å². The molecule has 2 nitrogen and oxygen atoms in total. The number of carbonyl (C=O) groups excluding carboxylic acids is 1. The summed E-state index contributed by atoms with van der Waals surface area (Å²) in [5, 5.41) is 2.02. The van der Waals surface area contributed by atoms with E-state index in [-0.39, 0.29) is 5.92 Å². The zero-order valence-electron chi connectivity index (χ0n) is 8.53. The third kappa shape index (κ3) is 2.32. The Hall–Kier alpha value is -0.190. The van der Waals surface area contributed by atoms with Crippen molar-refractivity contribution < 1.29 is 9.53 Å². The molecule has 1 fully saturated rings. The molecule has 15 heavy (non-hydrogen) atoms. The van der Waals surface area contributed by atoms with Gasteiger partial charge in [-0.2, -0.15) is 0 Å². The van der Waals surface area contributed by atoms with Crippen LogP contribution >= 0.6 is 27.3 Å². The van der Waals surface area contributed by atoms with Crippen LogP contribution < -0.4 is 0 Å². The second-order valence-corrected chi connectivity index (χ2v) is 5.71. The lowest BCUT2D eigenvalue weighted by Gasteiger charge is -2.08. The van der Waals surface area contributed by atoms with E-state index in [9.17, 15) is 4.79 Å². The van der Waals surface area contributed by atoms with Crippen LogP contribution in [0.2, 0.25) is 0 Å². The Balaban J connectivity index is 2.12. The van der Waals surface area contributed by atoms with Crippen molar-refractivity contribution in [1.29, 1.82) is 0 Å². The Morgan fingerprint density at radius 1 is 1.67 bits per heavy atom. The number of methoxy groups -OCH3 is 1. The molecule has 1 aliphatic rings. The molecule has 1 heterocycles. The van der Waals surface area contributed by atoms with Gasteiger partial charge in [0.25, 0.3) is 0 Å². The maximum Gasteiger partial charge on any atom is 0.141 e. The predicted molar refractivity (Wildman–Crippen MR) is 64.4 cm³/mol. The SMILES string of the molecule is COCC1CC(=O)C(c2sccc2Br)C1. The summed E-state index contributed by atoms with van der Waals surface area (Å²) in [6.07, 6.45) is 1.61. The van der Waals surface area contributed by atoms with Gasteiger partial charge in [-0.25, -0.2) is 0 Å². The number of Topliss-reactive ketones (excluding diaryl/α,β-unsaturated/α-hetero) is 1. The van der Waals surface area contributed by atoms with E-state index in [0.717, 1.165) is 10.9 Å². The third-order valence-electron chi connectivity index (χ3n) is 2.81. The van der Waals surface area contributed by atoms with Crippen molar-refractivity contribution in [2.24, 2.45) is 5.92 Å². The summed E-state index contributed by atoms with van der Waals surface area (Å²) in [6, 6.07) is 2.01. The molecule has 0 amide bonds. The van der Waals surface area contributed by atoms with Crippen LogP contribution in [0.25, 0.3) is 0 Å². The molecule has 1 saturated carbocycles. The predicted octanol–water partition coefficient (Wildman–Crippen LogP) is 3.22. The first-order chi connectivity index (χ1) is 7.22. The van der Waals surface area contributed by atoms with Gasteiger partial charge in [0, 0.05) is 29.5 Å². The molecular weight excluding hydrogens is 276 g/mol. The summed E-state index contributed by atoms with van der Waals surface area (Å²) < 4.78 is 6.18. The number of hydrogen-bond donors (Lipinski definition) is 0. The van der Waals surface area contributed by atoms with Gasteiger partial charge in [0.2, 0.25) is 0 Å². The maximum absolute atomic E-state index is 11.8. The average Bonchev–Trinajstić information content (AvgIpc) is 2.73. The van der Waals surface area contributed by atoms with Crippen LogP contribution in [0, 0.1) is 5.92 Å². The van der Waals surface area contributed by atoms with E-state index in [1.165, 1.54) is 4.88 Å². The lowest BCUT2D eigenvalue weighted by molar-refractivity contribution is -0.118. The minimum absolute atomic E-state index is 0.0968. The first-order valence-corrected chi connectivity index (χ1v) is 6.64. The van der Waals surface area contributed by atoms with Crippen molar-refractivity contribution in [2.45, 2.75) is 18.8 Å². The Bertz CT molecular complexity index is 361. The minimum atomic E-state index is 0.0968. The van der Waals surface area contributed by atoms with E-state index in [0.29, 0.717) is 24.7 Å². The molecule has 0 aliphatic heterocycles. The van der Waals surface area contributed by atoms with Crippen LogP contribution in [-0.2, 0) is 9.53 Å². The van der Waals surface area contributed by atoms with Gasteiger partial charge in [-0.1, -0.05) is 0 Å². The minimum Gasteiger partial charge on any atom is -0.384 e. The van der Waals surface area contributed by atoms with Crippen molar-refractivity contribution in [3.63, 3.8) is 0 Å². The van der Waals surface area contributed by atoms with Crippen LogP contribution in [0.1, 0.15) is 23.6 Å². The summed E-state index contributed by atoms with van der Waals surface area (Å²) in [6.45, 7) is 0.700. The molecular formula is C11H13BrO2S. The molecule has 0 radical (unpaired) electrons. The second-order valence-electron chi connectivity index (χ2n) is 3.91. The average molecular weight is 289 g/mol. The molecule has 1 aromatic heterocycles. The van der Waals surface area contributed by atoms with Crippen LogP contribution in [0.15, 0.2) is 15.9 Å². The quantitative estimate of drug-likeness (QED) is 0.854. The Morgan fingerprint density at radius 2 is 2.47 bits per heavy atom. The van der Waals surface area contributed by atoms with E-state index in [1.54, 1.807) is 18.4 Å². The van der Waals surface area contributed by atoms with E-state index in [4.69, 9.17) is 4.74 Å². The number of ether oxygens (including phenoxy) is 1.